The van der Waals surface area contributed by atoms with E-state index in [9.17, 15) is 14.4 Å². The van der Waals surface area contributed by atoms with Crippen molar-refractivity contribution >= 4 is 17.9 Å². The van der Waals surface area contributed by atoms with E-state index in [4.69, 9.17) is 24.1 Å². The Bertz CT molecular complexity index is 419. The maximum Gasteiger partial charge on any atom is 0.347 e. The number of carboxylic acid groups (broad SMARTS) is 1. The van der Waals surface area contributed by atoms with Gasteiger partial charge in [0.15, 0.2) is 0 Å². The summed E-state index contributed by atoms with van der Waals surface area (Å²) in [5.74, 6) is -2.94. The molecule has 8 nitrogen and oxygen atoms in total. The van der Waals surface area contributed by atoms with Crippen LogP contribution in [0.5, 0.6) is 0 Å². The SMILES string of the molecule is CCCCCCOCCOC(=O)C(CCOC)OC(=O)/C=C/C(=O)O. The van der Waals surface area contributed by atoms with Gasteiger partial charge in [-0.2, -0.15) is 0 Å². The van der Waals surface area contributed by atoms with Crippen LogP contribution < -0.4 is 0 Å². The molecule has 1 atom stereocenters. The van der Waals surface area contributed by atoms with Gasteiger partial charge in [-0.15, -0.1) is 0 Å². The number of carbonyl (C=O) groups excluding carboxylic acids is 2. The monoisotopic (exact) mass is 360 g/mol. The van der Waals surface area contributed by atoms with E-state index in [0.29, 0.717) is 12.7 Å². The van der Waals surface area contributed by atoms with Gasteiger partial charge < -0.3 is 24.1 Å². The molecule has 0 spiro atoms. The number of unbranched alkanes of at least 4 members (excludes halogenated alkanes) is 3. The normalized spacial score (nSPS) is 12.1. The van der Waals surface area contributed by atoms with Crippen molar-refractivity contribution in [1.82, 2.24) is 0 Å². The maximum absolute atomic E-state index is 11.9. The van der Waals surface area contributed by atoms with Gasteiger partial charge in [-0.25, -0.2) is 14.4 Å². The highest BCUT2D eigenvalue weighted by atomic mass is 16.6. The minimum Gasteiger partial charge on any atom is -0.478 e. The van der Waals surface area contributed by atoms with Crippen molar-refractivity contribution < 1.29 is 38.4 Å². The maximum atomic E-state index is 11.9. The summed E-state index contributed by atoms with van der Waals surface area (Å²) in [6, 6.07) is 0. The topological polar surface area (TPSA) is 108 Å². The van der Waals surface area contributed by atoms with Crippen molar-refractivity contribution in [3.63, 3.8) is 0 Å². The number of aliphatic carboxylic acids is 1. The summed E-state index contributed by atoms with van der Waals surface area (Å²) in [4.78, 5) is 33.8. The Morgan fingerprint density at radius 1 is 1.00 bits per heavy atom. The molecule has 8 heteroatoms. The number of hydrogen-bond donors (Lipinski definition) is 1. The first kappa shape index (κ1) is 23.1. The van der Waals surface area contributed by atoms with Gasteiger partial charge in [0.05, 0.1) is 13.2 Å². The molecule has 144 valence electrons. The molecule has 0 aliphatic rings. The lowest BCUT2D eigenvalue weighted by atomic mass is 10.2. The van der Waals surface area contributed by atoms with Crippen LogP contribution in [0.15, 0.2) is 12.2 Å². The van der Waals surface area contributed by atoms with E-state index in [2.05, 4.69) is 6.92 Å². The molecule has 0 rings (SSSR count). The molecular weight excluding hydrogens is 332 g/mol. The fourth-order valence-electron chi connectivity index (χ4n) is 1.80. The molecule has 0 aliphatic heterocycles. The lowest BCUT2D eigenvalue weighted by Crippen LogP contribution is -2.30. The second-order valence-electron chi connectivity index (χ2n) is 5.22. The third kappa shape index (κ3) is 14.1. The third-order valence-corrected chi connectivity index (χ3v) is 3.08. The predicted octanol–water partition coefficient (Wildman–Crippen LogP) is 1.72. The summed E-state index contributed by atoms with van der Waals surface area (Å²) < 4.78 is 20.1. The van der Waals surface area contributed by atoms with Gasteiger partial charge in [-0.3, -0.25) is 0 Å². The van der Waals surface area contributed by atoms with Crippen LogP contribution in [0.25, 0.3) is 0 Å². The van der Waals surface area contributed by atoms with Crippen LogP contribution in [0.1, 0.15) is 39.0 Å². The van der Waals surface area contributed by atoms with Crippen LogP contribution >= 0.6 is 0 Å². The molecule has 25 heavy (non-hydrogen) atoms. The van der Waals surface area contributed by atoms with Gasteiger partial charge >= 0.3 is 17.9 Å². The zero-order valence-corrected chi connectivity index (χ0v) is 14.9. The minimum absolute atomic E-state index is 0.0542. The first-order chi connectivity index (χ1) is 12.0. The van der Waals surface area contributed by atoms with Gasteiger partial charge in [0.2, 0.25) is 6.10 Å². The highest BCUT2D eigenvalue weighted by Gasteiger charge is 2.23. The molecule has 0 saturated carbocycles. The largest absolute Gasteiger partial charge is 0.478 e. The average molecular weight is 360 g/mol. The summed E-state index contributed by atoms with van der Waals surface area (Å²) in [7, 11) is 1.45. The Balaban J connectivity index is 4.13. The third-order valence-electron chi connectivity index (χ3n) is 3.08. The van der Waals surface area contributed by atoms with E-state index in [-0.39, 0.29) is 26.2 Å². The number of ether oxygens (including phenoxy) is 4. The minimum atomic E-state index is -1.29. The van der Waals surface area contributed by atoms with Crippen LogP contribution in [-0.4, -0.2) is 62.7 Å². The Morgan fingerprint density at radius 3 is 2.40 bits per heavy atom. The lowest BCUT2D eigenvalue weighted by molar-refractivity contribution is -0.167. The standard InChI is InChI=1S/C17H28O8/c1-3-4-5-6-10-23-12-13-24-17(21)14(9-11-22-2)25-16(20)8-7-15(18)19/h7-8,14H,3-6,9-13H2,1-2H3,(H,18,19)/b8-7+. The lowest BCUT2D eigenvalue weighted by Gasteiger charge is -2.15. The smallest absolute Gasteiger partial charge is 0.347 e. The van der Waals surface area contributed by atoms with Crippen LogP contribution in [0.4, 0.5) is 0 Å². The van der Waals surface area contributed by atoms with Crippen LogP contribution in [-0.2, 0) is 33.3 Å². The first-order valence-corrected chi connectivity index (χ1v) is 8.36. The summed E-state index contributed by atoms with van der Waals surface area (Å²) in [6.45, 7) is 3.24. The van der Waals surface area contributed by atoms with Gasteiger partial charge in [-0.1, -0.05) is 26.2 Å². The predicted molar refractivity (Wildman–Crippen MR) is 89.1 cm³/mol. The van der Waals surface area contributed by atoms with E-state index in [1.165, 1.54) is 13.5 Å². The molecule has 0 radical (unpaired) electrons. The summed E-state index contributed by atoms with van der Waals surface area (Å²) in [5, 5.41) is 8.46. The number of methoxy groups -OCH3 is 1. The first-order valence-electron chi connectivity index (χ1n) is 8.36. The number of carbonyl (C=O) groups is 3. The van der Waals surface area contributed by atoms with Gasteiger partial charge in [0.1, 0.15) is 6.61 Å². The molecule has 0 aromatic heterocycles. The number of hydrogen-bond acceptors (Lipinski definition) is 7. The van der Waals surface area contributed by atoms with E-state index in [1.807, 2.05) is 0 Å². The quantitative estimate of drug-likeness (QED) is 0.267. The Hall–Kier alpha value is -1.93. The molecule has 0 fully saturated rings. The average Bonchev–Trinajstić information content (AvgIpc) is 2.58. The second-order valence-corrected chi connectivity index (χ2v) is 5.22. The molecule has 0 saturated heterocycles. The molecule has 0 bridgehead atoms. The van der Waals surface area contributed by atoms with Crippen LogP contribution in [0.2, 0.25) is 0 Å². The van der Waals surface area contributed by atoms with Gasteiger partial charge in [0, 0.05) is 32.3 Å². The number of esters is 2. The van der Waals surface area contributed by atoms with Gasteiger partial charge in [0.25, 0.3) is 0 Å². The summed E-state index contributed by atoms with van der Waals surface area (Å²) >= 11 is 0. The van der Waals surface area contributed by atoms with Gasteiger partial charge in [-0.05, 0) is 6.42 Å². The van der Waals surface area contributed by atoms with E-state index < -0.39 is 24.0 Å². The van der Waals surface area contributed by atoms with Crippen molar-refractivity contribution in [2.75, 3.05) is 33.5 Å². The Morgan fingerprint density at radius 2 is 1.76 bits per heavy atom. The summed E-state index contributed by atoms with van der Waals surface area (Å²) in [6.07, 6.45) is 4.71. The van der Waals surface area contributed by atoms with Crippen molar-refractivity contribution in [2.45, 2.75) is 45.1 Å². The molecule has 0 aliphatic carbocycles. The number of rotatable bonds is 15. The molecule has 1 N–H and O–H groups in total. The highest BCUT2D eigenvalue weighted by Crippen LogP contribution is 2.04. The van der Waals surface area contributed by atoms with Crippen molar-refractivity contribution in [1.29, 1.82) is 0 Å². The van der Waals surface area contributed by atoms with E-state index >= 15 is 0 Å². The van der Waals surface area contributed by atoms with Crippen LogP contribution in [0.3, 0.4) is 0 Å². The highest BCUT2D eigenvalue weighted by molar-refractivity contribution is 5.92. The van der Waals surface area contributed by atoms with Crippen molar-refractivity contribution in [3.05, 3.63) is 12.2 Å². The molecule has 0 aromatic rings. The van der Waals surface area contributed by atoms with E-state index in [1.54, 1.807) is 0 Å². The molecule has 0 heterocycles. The van der Waals surface area contributed by atoms with Crippen molar-refractivity contribution in [3.8, 4) is 0 Å². The molecule has 1 unspecified atom stereocenters. The fraction of sp³-hybridized carbons (Fsp3) is 0.706. The van der Waals surface area contributed by atoms with Crippen molar-refractivity contribution in [2.24, 2.45) is 0 Å². The molecular formula is C17H28O8. The molecule has 0 aromatic carbocycles. The Kier molecular flexibility index (Phi) is 14.4. The zero-order chi connectivity index (χ0) is 18.9. The summed E-state index contributed by atoms with van der Waals surface area (Å²) in [5.41, 5.74) is 0. The number of carboxylic acids is 1. The van der Waals surface area contributed by atoms with E-state index in [0.717, 1.165) is 25.3 Å². The Labute approximate surface area is 148 Å². The zero-order valence-electron chi connectivity index (χ0n) is 14.9. The van der Waals surface area contributed by atoms with Crippen LogP contribution in [0, 0.1) is 0 Å². The second kappa shape index (κ2) is 15.6. The fourth-order valence-corrected chi connectivity index (χ4v) is 1.80. The molecule has 0 amide bonds.